The fourth-order valence-corrected chi connectivity index (χ4v) is 6.19. The molecule has 40 heavy (non-hydrogen) atoms. The van der Waals surface area contributed by atoms with Crippen molar-refractivity contribution in [2.75, 3.05) is 36.8 Å². The molecule has 0 aliphatic carbocycles. The molecule has 3 aromatic heterocycles. The number of aryl methyl sites for hydroxylation is 1. The number of imidazole rings is 1. The Bertz CT molecular complexity index is 1140. The maximum absolute atomic E-state index is 12.2. The number of fused-ring (bicyclic) bond motifs is 1. The van der Waals surface area contributed by atoms with Crippen molar-refractivity contribution in [3.8, 4) is 0 Å². The molecule has 0 aliphatic heterocycles. The molecule has 0 radical (unpaired) electrons. The Balaban J connectivity index is 1.05. The minimum absolute atomic E-state index is 0.229. The molecule has 0 aliphatic rings. The van der Waals surface area contributed by atoms with Gasteiger partial charge in [-0.2, -0.15) is 11.8 Å². The number of thioether (sulfide) groups is 1. The van der Waals surface area contributed by atoms with Crippen LogP contribution in [0.5, 0.6) is 0 Å². The van der Waals surface area contributed by atoms with Gasteiger partial charge in [0.1, 0.15) is 18.2 Å². The highest BCUT2D eigenvalue weighted by atomic mass is 32.2. The molecular weight excluding hydrogens is 547 g/mol. The van der Waals surface area contributed by atoms with Crippen LogP contribution in [0.1, 0.15) is 76.2 Å². The third kappa shape index (κ3) is 13.1. The van der Waals surface area contributed by atoms with E-state index in [0.29, 0.717) is 23.5 Å². The van der Waals surface area contributed by atoms with Gasteiger partial charge in [0.2, 0.25) is 0 Å². The van der Waals surface area contributed by atoms with Crippen LogP contribution < -0.4 is 5.73 Å². The third-order valence-electron chi connectivity index (χ3n) is 6.61. The SMILES string of the molecule is Nc1ncnc2c1ncn2CCOCP(=O)(O)OCCCSCCCCCCCCCCCCc1cccnc1. The monoisotopic (exact) mass is 592 g/mol. The molecule has 0 saturated heterocycles. The van der Waals surface area contributed by atoms with E-state index in [0.717, 1.165) is 24.3 Å². The quantitative estimate of drug-likeness (QED) is 0.0960. The molecule has 1 unspecified atom stereocenters. The second-order valence-corrected chi connectivity index (χ2v) is 13.0. The number of nitrogens with two attached hydrogens (primary N) is 1. The van der Waals surface area contributed by atoms with E-state index < -0.39 is 7.60 Å². The standard InChI is InChI=1S/C28H45N6O4PS/c29-27-26-28(32-22-31-27)34(23-33-26)16-18-37-24-39(35,36)38-17-12-20-40-19-10-8-6-4-2-1-3-5-7-9-13-25-14-11-15-30-21-25/h11,14-15,21-23H,1-10,12-13,16-20,24H2,(H,35,36)(H2,29,31,32). The van der Waals surface area contributed by atoms with Crippen molar-refractivity contribution in [2.45, 2.75) is 83.6 Å². The lowest BCUT2D eigenvalue weighted by atomic mass is 10.0. The molecule has 3 aromatic rings. The molecule has 0 fully saturated rings. The minimum atomic E-state index is -3.76. The van der Waals surface area contributed by atoms with Crippen LogP contribution in [0, 0.1) is 0 Å². The Morgan fingerprint density at radius 1 is 0.925 bits per heavy atom. The van der Waals surface area contributed by atoms with Gasteiger partial charge < -0.3 is 24.5 Å². The summed E-state index contributed by atoms with van der Waals surface area (Å²) < 4.78 is 24.5. The summed E-state index contributed by atoms with van der Waals surface area (Å²) in [5.74, 6) is 2.38. The summed E-state index contributed by atoms with van der Waals surface area (Å²) in [7, 11) is -3.76. The van der Waals surface area contributed by atoms with Gasteiger partial charge >= 0.3 is 7.60 Å². The lowest BCUT2D eigenvalue weighted by molar-refractivity contribution is 0.138. The van der Waals surface area contributed by atoms with E-state index in [2.05, 4.69) is 26.0 Å². The zero-order valence-electron chi connectivity index (χ0n) is 23.5. The van der Waals surface area contributed by atoms with Gasteiger partial charge in [-0.3, -0.25) is 9.55 Å². The number of unbranched alkanes of at least 4 members (excludes halogenated alkanes) is 9. The molecule has 0 spiro atoms. The molecule has 3 rings (SSSR count). The van der Waals surface area contributed by atoms with Gasteiger partial charge in [0.05, 0.1) is 19.5 Å². The second kappa shape index (κ2) is 19.1. The van der Waals surface area contributed by atoms with Gasteiger partial charge in [0.15, 0.2) is 11.5 Å². The Kier molecular flexibility index (Phi) is 15.5. The van der Waals surface area contributed by atoms with Gasteiger partial charge in [-0.05, 0) is 48.8 Å². The second-order valence-electron chi connectivity index (χ2n) is 9.99. The fourth-order valence-electron chi connectivity index (χ4n) is 4.41. The first kappa shape index (κ1) is 32.5. The summed E-state index contributed by atoms with van der Waals surface area (Å²) in [5.41, 5.74) is 8.26. The molecule has 3 heterocycles. The van der Waals surface area contributed by atoms with Crippen LogP contribution in [0.4, 0.5) is 5.82 Å². The topological polar surface area (TPSA) is 138 Å². The van der Waals surface area contributed by atoms with E-state index >= 15 is 0 Å². The Morgan fingerprint density at radius 3 is 2.40 bits per heavy atom. The number of nitrogens with zero attached hydrogens (tertiary/aromatic N) is 5. The molecular formula is C28H45N6O4PS. The summed E-state index contributed by atoms with van der Waals surface area (Å²) in [6, 6.07) is 4.18. The molecule has 1 atom stereocenters. The highest BCUT2D eigenvalue weighted by molar-refractivity contribution is 7.99. The number of pyridine rings is 1. The average Bonchev–Trinajstić information content (AvgIpc) is 3.37. The van der Waals surface area contributed by atoms with Crippen molar-refractivity contribution in [1.82, 2.24) is 24.5 Å². The van der Waals surface area contributed by atoms with Crippen LogP contribution in [-0.2, 0) is 26.8 Å². The first-order valence-electron chi connectivity index (χ1n) is 14.5. The maximum Gasteiger partial charge on any atom is 0.353 e. The van der Waals surface area contributed by atoms with Crippen LogP contribution in [0.2, 0.25) is 0 Å². The number of hydrogen-bond acceptors (Lipinski definition) is 9. The van der Waals surface area contributed by atoms with Crippen LogP contribution in [0.3, 0.4) is 0 Å². The van der Waals surface area contributed by atoms with Gasteiger partial charge in [0, 0.05) is 18.9 Å². The van der Waals surface area contributed by atoms with Gasteiger partial charge in [-0.1, -0.05) is 57.4 Å². The maximum atomic E-state index is 12.2. The fraction of sp³-hybridized carbons (Fsp3) is 0.643. The van der Waals surface area contributed by atoms with E-state index in [-0.39, 0.29) is 19.6 Å². The molecule has 0 amide bonds. The Labute approximate surface area is 242 Å². The van der Waals surface area contributed by atoms with Gasteiger partial charge in [0.25, 0.3) is 0 Å². The highest BCUT2D eigenvalue weighted by Gasteiger charge is 2.19. The number of hydrogen-bond donors (Lipinski definition) is 2. The lowest BCUT2D eigenvalue weighted by Gasteiger charge is -2.12. The van der Waals surface area contributed by atoms with Crippen molar-refractivity contribution < 1.29 is 18.7 Å². The third-order valence-corrected chi connectivity index (χ3v) is 8.86. The van der Waals surface area contributed by atoms with Crippen LogP contribution in [-0.4, -0.2) is 60.5 Å². The molecule has 0 aromatic carbocycles. The first-order chi connectivity index (χ1) is 19.6. The van der Waals surface area contributed by atoms with Crippen LogP contribution in [0.25, 0.3) is 11.2 Å². The van der Waals surface area contributed by atoms with E-state index in [1.807, 2.05) is 30.2 Å². The summed E-state index contributed by atoms with van der Waals surface area (Å²) in [6.45, 7) is 0.917. The number of anilines is 1. The Hall–Kier alpha value is -2.04. The number of ether oxygens (including phenoxy) is 1. The Morgan fingerprint density at radius 2 is 1.65 bits per heavy atom. The van der Waals surface area contributed by atoms with Crippen molar-refractivity contribution in [2.24, 2.45) is 0 Å². The first-order valence-corrected chi connectivity index (χ1v) is 17.4. The van der Waals surface area contributed by atoms with Crippen molar-refractivity contribution in [3.63, 3.8) is 0 Å². The zero-order chi connectivity index (χ0) is 28.3. The molecule has 3 N–H and O–H groups in total. The van der Waals surface area contributed by atoms with Crippen LogP contribution in [0.15, 0.2) is 37.2 Å². The summed E-state index contributed by atoms with van der Waals surface area (Å²) >= 11 is 1.89. The number of aromatic nitrogens is 5. The zero-order valence-corrected chi connectivity index (χ0v) is 25.2. The predicted octanol–water partition coefficient (Wildman–Crippen LogP) is 6.25. The lowest BCUT2D eigenvalue weighted by Crippen LogP contribution is -2.08. The molecule has 0 saturated carbocycles. The van der Waals surface area contributed by atoms with E-state index in [1.165, 1.54) is 76.1 Å². The summed E-state index contributed by atoms with van der Waals surface area (Å²) in [5, 5.41) is 0. The van der Waals surface area contributed by atoms with Crippen LogP contribution >= 0.6 is 19.4 Å². The molecule has 10 nitrogen and oxygen atoms in total. The van der Waals surface area contributed by atoms with Crippen molar-refractivity contribution >= 4 is 36.3 Å². The number of rotatable bonds is 23. The van der Waals surface area contributed by atoms with Gasteiger partial charge in [-0.25, -0.2) is 15.0 Å². The molecule has 222 valence electrons. The van der Waals surface area contributed by atoms with E-state index in [1.54, 1.807) is 10.9 Å². The van der Waals surface area contributed by atoms with Crippen molar-refractivity contribution in [3.05, 3.63) is 42.7 Å². The normalized spacial score (nSPS) is 13.1. The number of nitrogen functional groups attached to an aromatic ring is 1. The van der Waals surface area contributed by atoms with E-state index in [9.17, 15) is 9.46 Å². The highest BCUT2D eigenvalue weighted by Crippen LogP contribution is 2.41. The summed E-state index contributed by atoms with van der Waals surface area (Å²) in [6.07, 6.45) is 21.5. The average molecular weight is 593 g/mol. The smallest absolute Gasteiger partial charge is 0.353 e. The molecule has 12 heteroatoms. The minimum Gasteiger partial charge on any atom is -0.382 e. The molecule has 0 bridgehead atoms. The van der Waals surface area contributed by atoms with Crippen molar-refractivity contribution in [1.29, 1.82) is 0 Å². The van der Waals surface area contributed by atoms with Gasteiger partial charge in [-0.15, -0.1) is 0 Å². The summed E-state index contributed by atoms with van der Waals surface area (Å²) in [4.78, 5) is 26.4. The largest absolute Gasteiger partial charge is 0.382 e. The predicted molar refractivity (Wildman–Crippen MR) is 162 cm³/mol. The van der Waals surface area contributed by atoms with E-state index in [4.69, 9.17) is 15.0 Å².